The number of carbonyl (C=O) groups excluding carboxylic acids is 1. The van der Waals surface area contributed by atoms with Crippen LogP contribution in [0.25, 0.3) is 0 Å². The van der Waals surface area contributed by atoms with Gasteiger partial charge in [0.15, 0.2) is 5.69 Å². The van der Waals surface area contributed by atoms with Crippen LogP contribution in [0.4, 0.5) is 0 Å². The molecule has 33 heavy (non-hydrogen) atoms. The van der Waals surface area contributed by atoms with Gasteiger partial charge in [-0.15, -0.1) is 5.10 Å². The van der Waals surface area contributed by atoms with Crippen LogP contribution in [0, 0.1) is 0 Å². The number of ether oxygens (including phenoxy) is 1. The first kappa shape index (κ1) is 23.2. The van der Waals surface area contributed by atoms with E-state index in [1.54, 1.807) is 18.3 Å². The average molecular weight is 465 g/mol. The molecule has 3 aromatic rings. The number of halogens is 1. The molecule has 0 bridgehead atoms. The lowest BCUT2D eigenvalue weighted by atomic mass is 9.68. The van der Waals surface area contributed by atoms with Gasteiger partial charge in [-0.1, -0.05) is 41.9 Å². The Morgan fingerprint density at radius 1 is 1.09 bits per heavy atom. The summed E-state index contributed by atoms with van der Waals surface area (Å²) in [6, 6.07) is 21.1. The highest BCUT2D eigenvalue weighted by atomic mass is 35.5. The van der Waals surface area contributed by atoms with Crippen molar-refractivity contribution in [3.63, 3.8) is 0 Å². The normalized spacial score (nSPS) is 20.2. The van der Waals surface area contributed by atoms with Crippen LogP contribution in [0.5, 0.6) is 5.75 Å². The Morgan fingerprint density at radius 3 is 2.55 bits per heavy atom. The van der Waals surface area contributed by atoms with E-state index >= 15 is 0 Å². The van der Waals surface area contributed by atoms with Crippen LogP contribution in [-0.4, -0.2) is 46.7 Å². The highest BCUT2D eigenvalue weighted by Crippen LogP contribution is 2.41. The molecule has 2 aromatic carbocycles. The first-order valence-electron chi connectivity index (χ1n) is 11.3. The van der Waals surface area contributed by atoms with E-state index in [1.807, 2.05) is 53.4 Å². The number of aromatic nitrogens is 2. The minimum absolute atomic E-state index is 0.0812. The van der Waals surface area contributed by atoms with Gasteiger partial charge in [0.2, 0.25) is 0 Å². The number of nitrogens with zero attached hydrogens (tertiary/aromatic N) is 3. The second-order valence-corrected chi connectivity index (χ2v) is 8.93. The van der Waals surface area contributed by atoms with Crippen molar-refractivity contribution in [3.8, 4) is 5.75 Å². The van der Waals surface area contributed by atoms with Gasteiger partial charge in [-0.3, -0.25) is 4.79 Å². The summed E-state index contributed by atoms with van der Waals surface area (Å²) in [7, 11) is 0. The van der Waals surface area contributed by atoms with Crippen molar-refractivity contribution in [1.29, 1.82) is 0 Å². The van der Waals surface area contributed by atoms with Crippen LogP contribution < -0.4 is 10.5 Å². The molecule has 0 spiro atoms. The van der Waals surface area contributed by atoms with Crippen molar-refractivity contribution in [1.82, 2.24) is 15.1 Å². The number of benzene rings is 2. The lowest BCUT2D eigenvalue weighted by molar-refractivity contribution is 0.0548. The lowest BCUT2D eigenvalue weighted by Gasteiger charge is -2.43. The Labute approximate surface area is 199 Å². The minimum atomic E-state index is -0.122. The number of rotatable bonds is 8. The molecule has 172 valence electrons. The zero-order valence-electron chi connectivity index (χ0n) is 18.6. The van der Waals surface area contributed by atoms with Crippen LogP contribution in [0.15, 0.2) is 72.9 Å². The fourth-order valence-corrected chi connectivity index (χ4v) is 4.88. The summed E-state index contributed by atoms with van der Waals surface area (Å²) in [6.07, 6.45) is 5.04. The van der Waals surface area contributed by atoms with Gasteiger partial charge in [0.05, 0.1) is 6.54 Å². The summed E-state index contributed by atoms with van der Waals surface area (Å²) in [4.78, 5) is 15.3. The first-order valence-corrected chi connectivity index (χ1v) is 11.7. The molecule has 2 N–H and O–H groups in total. The van der Waals surface area contributed by atoms with Gasteiger partial charge < -0.3 is 15.4 Å². The molecular weight excluding hydrogens is 436 g/mol. The zero-order valence-corrected chi connectivity index (χ0v) is 19.3. The molecule has 7 heteroatoms. The van der Waals surface area contributed by atoms with Crippen LogP contribution in [-0.2, 0) is 5.41 Å². The van der Waals surface area contributed by atoms with Gasteiger partial charge in [0, 0.05) is 29.2 Å². The Morgan fingerprint density at radius 2 is 1.88 bits per heavy atom. The summed E-state index contributed by atoms with van der Waals surface area (Å²) in [5.41, 5.74) is 7.68. The maximum Gasteiger partial charge on any atom is 0.274 e. The van der Waals surface area contributed by atoms with E-state index in [1.165, 1.54) is 5.56 Å². The highest BCUT2D eigenvalue weighted by molar-refractivity contribution is 6.30. The summed E-state index contributed by atoms with van der Waals surface area (Å²) in [6.45, 7) is 1.43. The lowest BCUT2D eigenvalue weighted by Crippen LogP contribution is -2.48. The quantitative estimate of drug-likeness (QED) is 0.531. The number of amides is 1. The molecule has 6 nitrogen and oxygen atoms in total. The Kier molecular flexibility index (Phi) is 7.57. The average Bonchev–Trinajstić information content (AvgIpc) is 2.88. The molecule has 1 fully saturated rings. The summed E-state index contributed by atoms with van der Waals surface area (Å²) in [5.74, 6) is 0.670. The van der Waals surface area contributed by atoms with Crippen molar-refractivity contribution in [2.24, 2.45) is 5.73 Å². The SMILES string of the molecule is NCC1(c2cccc(Cl)c2)CCC(N(CCOc2ccccc2)C(=O)c2cccnn2)CC1. The summed E-state index contributed by atoms with van der Waals surface area (Å²) >= 11 is 6.26. The molecule has 0 unspecified atom stereocenters. The molecule has 1 amide bonds. The number of carbonyl (C=O) groups is 1. The molecule has 0 saturated heterocycles. The molecule has 1 aromatic heterocycles. The van der Waals surface area contributed by atoms with E-state index in [9.17, 15) is 4.79 Å². The van der Waals surface area contributed by atoms with Crippen LogP contribution in [0.2, 0.25) is 5.02 Å². The van der Waals surface area contributed by atoms with Crippen LogP contribution in [0.1, 0.15) is 41.7 Å². The van der Waals surface area contributed by atoms with Crippen molar-refractivity contribution >= 4 is 17.5 Å². The van der Waals surface area contributed by atoms with E-state index in [-0.39, 0.29) is 17.4 Å². The largest absolute Gasteiger partial charge is 0.492 e. The van der Waals surface area contributed by atoms with E-state index in [2.05, 4.69) is 16.3 Å². The molecule has 0 aliphatic heterocycles. The molecule has 0 radical (unpaired) electrons. The Balaban J connectivity index is 1.49. The minimum Gasteiger partial charge on any atom is -0.492 e. The monoisotopic (exact) mass is 464 g/mol. The van der Waals surface area contributed by atoms with E-state index < -0.39 is 0 Å². The molecule has 1 heterocycles. The second kappa shape index (κ2) is 10.8. The number of nitrogens with two attached hydrogens (primary N) is 1. The third-order valence-corrected chi connectivity index (χ3v) is 6.81. The number of hydrogen-bond donors (Lipinski definition) is 1. The van der Waals surface area contributed by atoms with Crippen LogP contribution in [0.3, 0.4) is 0 Å². The van der Waals surface area contributed by atoms with Crippen molar-refractivity contribution in [3.05, 3.63) is 89.2 Å². The Bertz CT molecular complexity index is 1040. The standard InChI is InChI=1S/C26H29ClN4O2/c27-21-7-4-6-20(18-21)26(19-28)13-11-22(12-14-26)31(25(32)24-10-5-15-29-30-24)16-17-33-23-8-2-1-3-9-23/h1-10,15,18,22H,11-14,16-17,19,28H2. The van der Waals surface area contributed by atoms with Gasteiger partial charge in [0.1, 0.15) is 12.4 Å². The summed E-state index contributed by atoms with van der Waals surface area (Å²) < 4.78 is 5.89. The number of hydrogen-bond acceptors (Lipinski definition) is 5. The van der Waals surface area contributed by atoms with Gasteiger partial charge in [0.25, 0.3) is 5.91 Å². The molecule has 1 saturated carbocycles. The van der Waals surface area contributed by atoms with Gasteiger partial charge in [-0.05, 0) is 67.6 Å². The third kappa shape index (κ3) is 5.52. The second-order valence-electron chi connectivity index (χ2n) is 8.49. The third-order valence-electron chi connectivity index (χ3n) is 6.58. The molecule has 1 aliphatic carbocycles. The van der Waals surface area contributed by atoms with Crippen LogP contribution >= 0.6 is 11.6 Å². The predicted molar refractivity (Wildman–Crippen MR) is 129 cm³/mol. The van der Waals surface area contributed by atoms with E-state index in [0.717, 1.165) is 36.5 Å². The van der Waals surface area contributed by atoms with Gasteiger partial charge in [-0.25, -0.2) is 0 Å². The fraction of sp³-hybridized carbons (Fsp3) is 0.346. The molecular formula is C26H29ClN4O2. The van der Waals surface area contributed by atoms with Gasteiger partial charge >= 0.3 is 0 Å². The number of para-hydroxylation sites is 1. The first-order chi connectivity index (χ1) is 16.1. The van der Waals surface area contributed by atoms with E-state index in [0.29, 0.717) is 25.4 Å². The smallest absolute Gasteiger partial charge is 0.274 e. The highest BCUT2D eigenvalue weighted by Gasteiger charge is 2.39. The van der Waals surface area contributed by atoms with Crippen molar-refractivity contribution in [2.75, 3.05) is 19.7 Å². The maximum absolute atomic E-state index is 13.4. The Hall–Kier alpha value is -2.96. The topological polar surface area (TPSA) is 81.3 Å². The van der Waals surface area contributed by atoms with E-state index in [4.69, 9.17) is 22.1 Å². The fourth-order valence-electron chi connectivity index (χ4n) is 4.69. The van der Waals surface area contributed by atoms with Crippen molar-refractivity contribution < 1.29 is 9.53 Å². The predicted octanol–water partition coefficient (Wildman–Crippen LogP) is 4.49. The molecule has 0 atom stereocenters. The molecule has 4 rings (SSSR count). The molecule has 1 aliphatic rings. The maximum atomic E-state index is 13.4. The van der Waals surface area contributed by atoms with Crippen molar-refractivity contribution in [2.45, 2.75) is 37.1 Å². The van der Waals surface area contributed by atoms with Gasteiger partial charge in [-0.2, -0.15) is 5.10 Å². The zero-order chi connectivity index (χ0) is 23.1. The summed E-state index contributed by atoms with van der Waals surface area (Å²) in [5, 5.41) is 8.66.